The Labute approximate surface area is 209 Å². The molecule has 1 atom stereocenters. The topological polar surface area (TPSA) is 142 Å². The molecule has 0 bridgehead atoms. The Kier molecular flexibility index (Phi) is 5.89. The molecule has 10 nitrogen and oxygen atoms in total. The van der Waals surface area contributed by atoms with Gasteiger partial charge in [-0.25, -0.2) is 9.97 Å². The second-order valence-electron chi connectivity index (χ2n) is 8.28. The molecule has 1 aromatic carbocycles. The van der Waals surface area contributed by atoms with E-state index in [0.29, 0.717) is 45.0 Å². The van der Waals surface area contributed by atoms with Crippen LogP contribution in [-0.4, -0.2) is 27.8 Å². The fraction of sp³-hybridized carbons (Fsp3) is 0.200. The number of amidine groups is 1. The Morgan fingerprint density at radius 3 is 2.83 bits per heavy atom. The van der Waals surface area contributed by atoms with Gasteiger partial charge in [-0.05, 0) is 56.7 Å². The molecule has 0 saturated carbocycles. The summed E-state index contributed by atoms with van der Waals surface area (Å²) in [4.78, 5) is 21.8. The number of pyridine rings is 2. The fourth-order valence-electron chi connectivity index (χ4n) is 4.06. The van der Waals surface area contributed by atoms with Crippen molar-refractivity contribution in [3.8, 4) is 28.7 Å². The fourth-order valence-corrected chi connectivity index (χ4v) is 4.21. The number of nitrogens with zero attached hydrogens (tertiary/aromatic N) is 3. The lowest BCUT2D eigenvalue weighted by atomic mass is 10.00. The van der Waals surface area contributed by atoms with E-state index in [0.717, 1.165) is 5.56 Å². The lowest BCUT2D eigenvalue weighted by Crippen LogP contribution is -2.18. The van der Waals surface area contributed by atoms with E-state index in [2.05, 4.69) is 15.1 Å². The van der Waals surface area contributed by atoms with Crippen molar-refractivity contribution in [1.29, 1.82) is 0 Å². The van der Waals surface area contributed by atoms with E-state index in [1.54, 1.807) is 38.2 Å². The van der Waals surface area contributed by atoms with Gasteiger partial charge in [0.15, 0.2) is 22.7 Å². The number of halogens is 1. The minimum atomic E-state index is -0.616. The van der Waals surface area contributed by atoms with Gasteiger partial charge >= 0.3 is 0 Å². The summed E-state index contributed by atoms with van der Waals surface area (Å²) in [7, 11) is 0. The van der Waals surface area contributed by atoms with Crippen molar-refractivity contribution >= 4 is 28.4 Å². The van der Waals surface area contributed by atoms with Crippen molar-refractivity contribution < 1.29 is 23.8 Å². The quantitative estimate of drug-likeness (QED) is 0.131. The lowest BCUT2D eigenvalue weighted by Gasteiger charge is -2.19. The maximum atomic E-state index is 13.4. The van der Waals surface area contributed by atoms with Crippen molar-refractivity contribution in [2.45, 2.75) is 26.9 Å². The van der Waals surface area contributed by atoms with Crippen LogP contribution < -0.4 is 25.4 Å². The Hall–Kier alpha value is -4.31. The summed E-state index contributed by atoms with van der Waals surface area (Å²) in [5.41, 5.74) is 8.52. The molecular formula is C25H21ClN4O6. The summed E-state index contributed by atoms with van der Waals surface area (Å²) in [6, 6.07) is 8.47. The van der Waals surface area contributed by atoms with Gasteiger partial charge in [0, 0.05) is 22.9 Å². The lowest BCUT2D eigenvalue weighted by molar-refractivity contribution is 0.171. The van der Waals surface area contributed by atoms with E-state index in [-0.39, 0.29) is 34.7 Å². The van der Waals surface area contributed by atoms with Gasteiger partial charge in [-0.3, -0.25) is 4.79 Å². The number of rotatable bonds is 5. The standard InChI is InChI=1S/C25H21ClN4O6/c1-11-6-15(13(3)35-17-4-5-19(26)29-20(17)24(27)30-32)23-16(7-11)21(31)12(2)22(36-23)14-8-18-25(28-9-14)34-10-33-18/h4-9,13,32H,10H2,1-3H3,(H2,27,30)/t13-/m1/s1. The summed E-state index contributed by atoms with van der Waals surface area (Å²) in [5, 5.41) is 12.7. The second kappa shape index (κ2) is 9.04. The third kappa shape index (κ3) is 4.05. The van der Waals surface area contributed by atoms with Crippen LogP contribution >= 0.6 is 11.6 Å². The van der Waals surface area contributed by atoms with Crippen LogP contribution in [0.4, 0.5) is 0 Å². The molecule has 0 aliphatic carbocycles. The minimum Gasteiger partial charge on any atom is -0.483 e. The van der Waals surface area contributed by atoms with Crippen LogP contribution in [0.15, 0.2) is 50.9 Å². The van der Waals surface area contributed by atoms with Crippen LogP contribution in [0.25, 0.3) is 22.3 Å². The number of fused-ring (bicyclic) bond motifs is 2. The normalized spacial score (nSPS) is 13.7. The summed E-state index contributed by atoms with van der Waals surface area (Å²) in [5.74, 6) is 1.21. The monoisotopic (exact) mass is 508 g/mol. The Morgan fingerprint density at radius 1 is 1.25 bits per heavy atom. The van der Waals surface area contributed by atoms with Crippen molar-refractivity contribution in [3.63, 3.8) is 0 Å². The van der Waals surface area contributed by atoms with Crippen LogP contribution in [0, 0.1) is 13.8 Å². The van der Waals surface area contributed by atoms with Crippen LogP contribution in [0.5, 0.6) is 17.4 Å². The first-order valence-electron chi connectivity index (χ1n) is 10.9. The molecule has 0 fully saturated rings. The van der Waals surface area contributed by atoms with Gasteiger partial charge in [0.25, 0.3) is 5.88 Å². The number of nitrogens with two attached hydrogens (primary N) is 1. The Morgan fingerprint density at radius 2 is 2.06 bits per heavy atom. The molecule has 5 rings (SSSR count). The van der Waals surface area contributed by atoms with Crippen LogP contribution in [0.1, 0.15) is 35.4 Å². The van der Waals surface area contributed by atoms with Gasteiger partial charge in [-0.2, -0.15) is 0 Å². The second-order valence-corrected chi connectivity index (χ2v) is 8.66. The number of benzene rings is 1. The number of ether oxygens (including phenoxy) is 3. The Bertz CT molecular complexity index is 1600. The highest BCUT2D eigenvalue weighted by molar-refractivity contribution is 6.29. The van der Waals surface area contributed by atoms with Crippen molar-refractivity contribution in [2.24, 2.45) is 10.9 Å². The Balaban J connectivity index is 1.64. The predicted molar refractivity (Wildman–Crippen MR) is 132 cm³/mol. The van der Waals surface area contributed by atoms with Crippen molar-refractivity contribution in [1.82, 2.24) is 9.97 Å². The van der Waals surface area contributed by atoms with E-state index < -0.39 is 6.10 Å². The largest absolute Gasteiger partial charge is 0.483 e. The minimum absolute atomic E-state index is 0.0811. The maximum Gasteiger partial charge on any atom is 0.260 e. The van der Waals surface area contributed by atoms with E-state index in [1.807, 2.05) is 13.0 Å². The third-order valence-corrected chi connectivity index (χ3v) is 6.01. The third-order valence-electron chi connectivity index (χ3n) is 5.80. The summed E-state index contributed by atoms with van der Waals surface area (Å²) < 4.78 is 23.2. The van der Waals surface area contributed by atoms with E-state index >= 15 is 0 Å². The molecule has 0 spiro atoms. The number of oxime groups is 1. The van der Waals surface area contributed by atoms with Crippen LogP contribution in [0.3, 0.4) is 0 Å². The molecule has 0 saturated heterocycles. The van der Waals surface area contributed by atoms with Gasteiger partial charge in [-0.1, -0.05) is 16.8 Å². The van der Waals surface area contributed by atoms with Crippen LogP contribution in [0.2, 0.25) is 5.15 Å². The van der Waals surface area contributed by atoms with Crippen molar-refractivity contribution in [2.75, 3.05) is 6.79 Å². The zero-order valence-electron chi connectivity index (χ0n) is 19.5. The highest BCUT2D eigenvalue weighted by Gasteiger charge is 2.23. The van der Waals surface area contributed by atoms with E-state index in [4.69, 9.17) is 41.2 Å². The summed E-state index contributed by atoms with van der Waals surface area (Å²) in [6.07, 6.45) is 0.954. The first kappa shape index (κ1) is 23.4. The van der Waals surface area contributed by atoms with Gasteiger partial charge in [0.2, 0.25) is 6.79 Å². The molecule has 3 N–H and O–H groups in total. The zero-order chi connectivity index (χ0) is 25.6. The van der Waals surface area contributed by atoms with Crippen LogP contribution in [-0.2, 0) is 0 Å². The molecule has 3 aromatic heterocycles. The molecule has 36 heavy (non-hydrogen) atoms. The summed E-state index contributed by atoms with van der Waals surface area (Å²) >= 11 is 5.98. The molecule has 4 aromatic rings. The van der Waals surface area contributed by atoms with E-state index in [9.17, 15) is 4.79 Å². The molecule has 0 radical (unpaired) electrons. The van der Waals surface area contributed by atoms with Crippen molar-refractivity contribution in [3.05, 3.63) is 74.3 Å². The summed E-state index contributed by atoms with van der Waals surface area (Å²) in [6.45, 7) is 5.46. The predicted octanol–water partition coefficient (Wildman–Crippen LogP) is 4.48. The number of aromatic nitrogens is 2. The smallest absolute Gasteiger partial charge is 0.260 e. The molecule has 0 amide bonds. The number of aryl methyl sites for hydroxylation is 1. The molecule has 4 heterocycles. The highest BCUT2D eigenvalue weighted by atomic mass is 35.5. The van der Waals surface area contributed by atoms with Gasteiger partial charge < -0.3 is 29.6 Å². The zero-order valence-corrected chi connectivity index (χ0v) is 20.3. The molecular weight excluding hydrogens is 488 g/mol. The maximum absolute atomic E-state index is 13.4. The molecule has 184 valence electrons. The van der Waals surface area contributed by atoms with E-state index in [1.165, 1.54) is 6.07 Å². The average Bonchev–Trinajstić information content (AvgIpc) is 3.34. The molecule has 1 aliphatic rings. The highest BCUT2D eigenvalue weighted by Crippen LogP contribution is 2.37. The average molecular weight is 509 g/mol. The molecule has 1 aliphatic heterocycles. The molecule has 0 unspecified atom stereocenters. The van der Waals surface area contributed by atoms with Gasteiger partial charge in [-0.15, -0.1) is 0 Å². The number of hydrogen-bond acceptors (Lipinski definition) is 9. The molecule has 11 heteroatoms. The first-order chi connectivity index (χ1) is 17.3. The van der Waals surface area contributed by atoms with Gasteiger partial charge in [0.1, 0.15) is 28.3 Å². The van der Waals surface area contributed by atoms with Gasteiger partial charge in [0.05, 0.1) is 5.39 Å². The SMILES string of the molecule is Cc1cc([C@@H](C)Oc2ccc(Cl)nc2C(N)=NO)c2oc(-c3cnc4c(c3)OCO4)c(C)c(=O)c2c1. The first-order valence-corrected chi connectivity index (χ1v) is 11.3. The number of hydrogen-bond donors (Lipinski definition) is 2.